The van der Waals surface area contributed by atoms with E-state index >= 15 is 0 Å². The van der Waals surface area contributed by atoms with Gasteiger partial charge in [-0.2, -0.15) is 0 Å². The molecular formula is C48H31N3O. The molecule has 0 radical (unpaired) electrons. The number of fused-ring (bicyclic) bond motifs is 11. The van der Waals surface area contributed by atoms with Gasteiger partial charge in [0.15, 0.2) is 0 Å². The van der Waals surface area contributed by atoms with Crippen molar-refractivity contribution in [3.63, 3.8) is 0 Å². The Morgan fingerprint density at radius 1 is 0.558 bits per heavy atom. The number of hydrogen-bond donors (Lipinski definition) is 1. The van der Waals surface area contributed by atoms with E-state index in [9.17, 15) is 0 Å². The van der Waals surface area contributed by atoms with Crippen LogP contribution >= 0.6 is 0 Å². The van der Waals surface area contributed by atoms with Gasteiger partial charge in [0, 0.05) is 38.5 Å². The van der Waals surface area contributed by atoms with Crippen molar-refractivity contribution in [3.05, 3.63) is 181 Å². The highest BCUT2D eigenvalue weighted by atomic mass is 16.5. The minimum absolute atomic E-state index is 0.0247. The van der Waals surface area contributed by atoms with Crippen LogP contribution in [0.3, 0.4) is 0 Å². The number of nitrogens with zero attached hydrogens (tertiary/aromatic N) is 2. The summed E-state index contributed by atoms with van der Waals surface area (Å²) >= 11 is 0. The topological polar surface area (TPSA) is 39.1 Å². The predicted molar refractivity (Wildman–Crippen MR) is 214 cm³/mol. The molecule has 2 aromatic heterocycles. The van der Waals surface area contributed by atoms with Gasteiger partial charge in [0.25, 0.3) is 0 Å². The molecule has 4 heterocycles. The molecule has 52 heavy (non-hydrogen) atoms. The monoisotopic (exact) mass is 665 g/mol. The predicted octanol–water partition coefficient (Wildman–Crippen LogP) is 12.6. The van der Waals surface area contributed by atoms with E-state index < -0.39 is 0 Å². The molecule has 2 aliphatic heterocycles. The summed E-state index contributed by atoms with van der Waals surface area (Å²) in [5.41, 5.74) is 14.4. The molecule has 0 spiro atoms. The summed E-state index contributed by atoms with van der Waals surface area (Å²) in [5, 5.41) is 7.34. The molecule has 1 atom stereocenters. The lowest BCUT2D eigenvalue weighted by molar-refractivity contribution is 0.488. The van der Waals surface area contributed by atoms with Gasteiger partial charge in [0.1, 0.15) is 11.5 Å². The van der Waals surface area contributed by atoms with Gasteiger partial charge in [-0.15, -0.1) is 0 Å². The molecule has 11 rings (SSSR count). The molecular weight excluding hydrogens is 635 g/mol. The third-order valence-corrected chi connectivity index (χ3v) is 10.6. The average Bonchev–Trinajstić information content (AvgIpc) is 3.46. The molecule has 1 N–H and O–H groups in total. The molecule has 0 fully saturated rings. The number of ether oxygens (including phenoxy) is 1. The van der Waals surface area contributed by atoms with Crippen molar-refractivity contribution in [1.29, 1.82) is 0 Å². The van der Waals surface area contributed by atoms with Crippen LogP contribution < -0.4 is 10.1 Å². The van der Waals surface area contributed by atoms with Crippen LogP contribution in [0, 0.1) is 0 Å². The Labute approximate surface area is 300 Å². The standard InChI is InChI=1S/C48H31N3O/c1-2-11-30(12-3-1)41-25-23-31-21-22-32-24-26-42(50-48(32)47(31)49-41)33-13-10-14-34(27-33)51-43-19-8-6-17-37(43)39-29-46-40(28-44(39)51)36-16-5-4-15-35(36)38-18-7-9-20-45(38)52-46/h1-29,42,50H. The molecule has 0 saturated carbocycles. The first-order valence-corrected chi connectivity index (χ1v) is 17.7. The first kappa shape index (κ1) is 28.9. The first-order valence-electron chi connectivity index (χ1n) is 17.7. The molecule has 9 aromatic rings. The van der Waals surface area contributed by atoms with Gasteiger partial charge in [-0.05, 0) is 64.7 Å². The second-order valence-electron chi connectivity index (χ2n) is 13.6. The fourth-order valence-electron chi connectivity index (χ4n) is 8.14. The van der Waals surface area contributed by atoms with E-state index in [0.29, 0.717) is 0 Å². The third-order valence-electron chi connectivity index (χ3n) is 10.6. The zero-order chi connectivity index (χ0) is 34.2. The average molecular weight is 666 g/mol. The van der Waals surface area contributed by atoms with Crippen molar-refractivity contribution in [2.45, 2.75) is 6.04 Å². The Kier molecular flexibility index (Phi) is 6.28. The second kappa shape index (κ2) is 11.3. The second-order valence-corrected chi connectivity index (χ2v) is 13.6. The number of anilines is 1. The van der Waals surface area contributed by atoms with Gasteiger partial charge in [-0.1, -0.05) is 133 Å². The summed E-state index contributed by atoms with van der Waals surface area (Å²) in [6, 6.07) is 58.1. The van der Waals surface area contributed by atoms with E-state index in [-0.39, 0.29) is 6.04 Å². The Balaban J connectivity index is 1.05. The van der Waals surface area contributed by atoms with Crippen LogP contribution in [-0.4, -0.2) is 9.55 Å². The van der Waals surface area contributed by atoms with Crippen LogP contribution in [0.25, 0.3) is 78.0 Å². The SMILES string of the molecule is C1=CC(c2cccc(-n3c4ccccc4c4cc5c(cc43)-c3ccccc3-c3ccccc3O5)c2)Nc2c1ccc1ccc(-c3ccccc3)nc21. The number of benzene rings is 7. The van der Waals surface area contributed by atoms with Crippen molar-refractivity contribution in [2.75, 3.05) is 5.32 Å². The van der Waals surface area contributed by atoms with E-state index in [1.807, 2.05) is 12.1 Å². The lowest BCUT2D eigenvalue weighted by Crippen LogP contribution is -2.13. The van der Waals surface area contributed by atoms with Crippen LogP contribution in [0.4, 0.5) is 5.69 Å². The fourth-order valence-corrected chi connectivity index (χ4v) is 8.14. The summed E-state index contributed by atoms with van der Waals surface area (Å²) in [4.78, 5) is 5.17. The van der Waals surface area contributed by atoms with Crippen molar-refractivity contribution in [2.24, 2.45) is 0 Å². The number of rotatable bonds is 3. The number of aromatic nitrogens is 2. The Bertz CT molecular complexity index is 2920. The Morgan fingerprint density at radius 3 is 2.23 bits per heavy atom. The summed E-state index contributed by atoms with van der Waals surface area (Å²) in [6.07, 6.45) is 4.48. The van der Waals surface area contributed by atoms with Crippen molar-refractivity contribution in [3.8, 4) is 50.7 Å². The van der Waals surface area contributed by atoms with Crippen molar-refractivity contribution < 1.29 is 4.74 Å². The summed E-state index contributed by atoms with van der Waals surface area (Å²) in [5.74, 6) is 1.74. The van der Waals surface area contributed by atoms with Gasteiger partial charge >= 0.3 is 0 Å². The Hall–Kier alpha value is -6.91. The molecule has 0 saturated heterocycles. The highest BCUT2D eigenvalue weighted by Gasteiger charge is 2.24. The van der Waals surface area contributed by atoms with Crippen molar-refractivity contribution >= 4 is 44.5 Å². The highest BCUT2D eigenvalue weighted by molar-refractivity contribution is 6.12. The number of nitrogens with one attached hydrogen (secondary N) is 1. The van der Waals surface area contributed by atoms with E-state index in [1.54, 1.807) is 0 Å². The summed E-state index contributed by atoms with van der Waals surface area (Å²) in [6.45, 7) is 0. The smallest absolute Gasteiger partial charge is 0.136 e. The summed E-state index contributed by atoms with van der Waals surface area (Å²) < 4.78 is 9.12. The molecule has 4 heteroatoms. The van der Waals surface area contributed by atoms with E-state index in [0.717, 1.165) is 78.1 Å². The normalized spacial score (nSPS) is 14.2. The van der Waals surface area contributed by atoms with E-state index in [1.165, 1.54) is 22.1 Å². The van der Waals surface area contributed by atoms with Gasteiger partial charge in [-0.25, -0.2) is 4.98 Å². The number of para-hydroxylation sites is 2. The van der Waals surface area contributed by atoms with Crippen LogP contribution in [-0.2, 0) is 0 Å². The van der Waals surface area contributed by atoms with Crippen molar-refractivity contribution in [1.82, 2.24) is 9.55 Å². The van der Waals surface area contributed by atoms with E-state index in [4.69, 9.17) is 9.72 Å². The lowest BCUT2D eigenvalue weighted by atomic mass is 9.94. The zero-order valence-electron chi connectivity index (χ0n) is 28.1. The van der Waals surface area contributed by atoms with Crippen LogP contribution in [0.5, 0.6) is 11.5 Å². The molecule has 7 aromatic carbocycles. The molecule has 1 unspecified atom stereocenters. The third kappa shape index (κ3) is 4.44. The summed E-state index contributed by atoms with van der Waals surface area (Å²) in [7, 11) is 0. The van der Waals surface area contributed by atoms with Gasteiger partial charge in [0.05, 0.1) is 34.0 Å². The van der Waals surface area contributed by atoms with Gasteiger partial charge in [-0.3, -0.25) is 0 Å². The van der Waals surface area contributed by atoms with Gasteiger partial charge in [0.2, 0.25) is 0 Å². The zero-order valence-corrected chi connectivity index (χ0v) is 28.1. The molecule has 4 nitrogen and oxygen atoms in total. The fraction of sp³-hybridized carbons (Fsp3) is 0.0208. The van der Waals surface area contributed by atoms with Crippen LogP contribution in [0.2, 0.25) is 0 Å². The number of hydrogen-bond acceptors (Lipinski definition) is 3. The quantitative estimate of drug-likeness (QED) is 0.204. The van der Waals surface area contributed by atoms with E-state index in [2.05, 4.69) is 174 Å². The highest BCUT2D eigenvalue weighted by Crippen LogP contribution is 2.49. The Morgan fingerprint density at radius 2 is 1.33 bits per heavy atom. The minimum Gasteiger partial charge on any atom is -0.456 e. The maximum atomic E-state index is 6.72. The van der Waals surface area contributed by atoms with Gasteiger partial charge < -0.3 is 14.6 Å². The molecule has 2 aliphatic rings. The first-order chi connectivity index (χ1) is 25.8. The molecule has 0 amide bonds. The largest absolute Gasteiger partial charge is 0.456 e. The number of pyridine rings is 1. The molecule has 0 aliphatic carbocycles. The van der Waals surface area contributed by atoms with Crippen LogP contribution in [0.1, 0.15) is 17.2 Å². The maximum Gasteiger partial charge on any atom is 0.136 e. The minimum atomic E-state index is -0.0247. The molecule has 244 valence electrons. The van der Waals surface area contributed by atoms with Crippen LogP contribution in [0.15, 0.2) is 170 Å². The maximum absolute atomic E-state index is 6.72. The molecule has 0 bridgehead atoms. The lowest BCUT2D eigenvalue weighted by Gasteiger charge is -2.24.